The highest BCUT2D eigenvalue weighted by Gasteiger charge is 2.31. The van der Waals surface area contributed by atoms with Crippen LogP contribution in [0.1, 0.15) is 38.9 Å². The molecule has 0 spiro atoms. The van der Waals surface area contributed by atoms with E-state index in [2.05, 4.69) is 4.98 Å². The van der Waals surface area contributed by atoms with Crippen molar-refractivity contribution >= 4 is 6.09 Å². The van der Waals surface area contributed by atoms with Gasteiger partial charge in [0.1, 0.15) is 17.9 Å². The van der Waals surface area contributed by atoms with Gasteiger partial charge in [-0.15, -0.1) is 0 Å². The molecule has 1 amide bonds. The third-order valence-corrected chi connectivity index (χ3v) is 3.34. The maximum atomic E-state index is 12.0. The second-order valence-corrected chi connectivity index (χ2v) is 6.49. The molecule has 23 heavy (non-hydrogen) atoms. The third kappa shape index (κ3) is 5.05. The molecule has 1 saturated heterocycles. The molecule has 2 rings (SSSR count). The SMILES string of the molecule is CC(C)(C)OC(=O)N1CC[C@@H](Oc2ccc(C(N)NO)cn2)C1. The van der Waals surface area contributed by atoms with E-state index in [1.807, 2.05) is 26.3 Å². The van der Waals surface area contributed by atoms with Crippen LogP contribution in [-0.4, -0.2) is 46.0 Å². The van der Waals surface area contributed by atoms with E-state index in [4.69, 9.17) is 20.4 Å². The average molecular weight is 324 g/mol. The lowest BCUT2D eigenvalue weighted by atomic mass is 10.2. The van der Waals surface area contributed by atoms with Crippen molar-refractivity contribution in [2.75, 3.05) is 13.1 Å². The van der Waals surface area contributed by atoms with Crippen molar-refractivity contribution in [3.8, 4) is 5.88 Å². The predicted octanol–water partition coefficient (Wildman–Crippen LogP) is 1.41. The fourth-order valence-corrected chi connectivity index (χ4v) is 2.21. The van der Waals surface area contributed by atoms with Gasteiger partial charge in [0.15, 0.2) is 0 Å². The molecule has 2 atom stereocenters. The van der Waals surface area contributed by atoms with Crippen LogP contribution in [0.2, 0.25) is 0 Å². The second-order valence-electron chi connectivity index (χ2n) is 6.49. The second kappa shape index (κ2) is 7.12. The first kappa shape index (κ1) is 17.5. The Kier molecular flexibility index (Phi) is 5.40. The number of pyridine rings is 1. The summed E-state index contributed by atoms with van der Waals surface area (Å²) >= 11 is 0. The van der Waals surface area contributed by atoms with Gasteiger partial charge < -0.3 is 25.3 Å². The van der Waals surface area contributed by atoms with E-state index >= 15 is 0 Å². The zero-order valence-electron chi connectivity index (χ0n) is 13.7. The number of hydrogen-bond donors (Lipinski definition) is 3. The van der Waals surface area contributed by atoms with E-state index in [-0.39, 0.29) is 12.2 Å². The number of carbonyl (C=O) groups excluding carboxylic acids is 1. The van der Waals surface area contributed by atoms with Gasteiger partial charge in [0.05, 0.1) is 6.54 Å². The zero-order chi connectivity index (χ0) is 17.0. The number of nitrogens with one attached hydrogen (secondary N) is 1. The van der Waals surface area contributed by atoms with Crippen LogP contribution in [0.5, 0.6) is 5.88 Å². The largest absolute Gasteiger partial charge is 0.472 e. The van der Waals surface area contributed by atoms with Crippen LogP contribution < -0.4 is 16.0 Å². The van der Waals surface area contributed by atoms with Gasteiger partial charge in [0, 0.05) is 30.8 Å². The van der Waals surface area contributed by atoms with Crippen LogP contribution in [0.25, 0.3) is 0 Å². The van der Waals surface area contributed by atoms with Gasteiger partial charge in [-0.2, -0.15) is 5.48 Å². The molecule has 1 aliphatic heterocycles. The zero-order valence-corrected chi connectivity index (χ0v) is 13.7. The molecule has 0 bridgehead atoms. The molecule has 4 N–H and O–H groups in total. The molecular weight excluding hydrogens is 300 g/mol. The van der Waals surface area contributed by atoms with Crippen molar-refractivity contribution in [3.05, 3.63) is 23.9 Å². The van der Waals surface area contributed by atoms with Crippen LogP contribution in [0.15, 0.2) is 18.3 Å². The summed E-state index contributed by atoms with van der Waals surface area (Å²) in [6.45, 7) is 6.58. The number of aromatic nitrogens is 1. The molecule has 0 aliphatic carbocycles. The molecule has 1 aromatic rings. The van der Waals surface area contributed by atoms with Crippen LogP contribution in [-0.2, 0) is 4.74 Å². The topological polar surface area (TPSA) is 110 Å². The summed E-state index contributed by atoms with van der Waals surface area (Å²) in [6.07, 6.45) is 1.12. The molecule has 8 heteroatoms. The number of nitrogens with two attached hydrogens (primary N) is 1. The number of rotatable bonds is 4. The molecule has 1 aliphatic rings. The van der Waals surface area contributed by atoms with Crippen molar-refractivity contribution in [1.29, 1.82) is 0 Å². The highest BCUT2D eigenvalue weighted by molar-refractivity contribution is 5.68. The van der Waals surface area contributed by atoms with Crippen molar-refractivity contribution in [3.63, 3.8) is 0 Å². The van der Waals surface area contributed by atoms with Gasteiger partial charge >= 0.3 is 6.09 Å². The first-order chi connectivity index (χ1) is 10.8. The summed E-state index contributed by atoms with van der Waals surface area (Å²) in [6, 6.07) is 3.40. The summed E-state index contributed by atoms with van der Waals surface area (Å²) < 4.78 is 11.1. The van der Waals surface area contributed by atoms with E-state index in [0.29, 0.717) is 24.5 Å². The minimum atomic E-state index is -0.689. The first-order valence-electron chi connectivity index (χ1n) is 7.54. The average Bonchev–Trinajstić information content (AvgIpc) is 2.94. The number of carbonyl (C=O) groups is 1. The Morgan fingerprint density at radius 2 is 2.26 bits per heavy atom. The number of ether oxygens (including phenoxy) is 2. The number of hydrogen-bond acceptors (Lipinski definition) is 7. The monoisotopic (exact) mass is 324 g/mol. The van der Waals surface area contributed by atoms with Gasteiger partial charge in [0.25, 0.3) is 0 Å². The first-order valence-corrected chi connectivity index (χ1v) is 7.54. The lowest BCUT2D eigenvalue weighted by Gasteiger charge is -2.24. The lowest BCUT2D eigenvalue weighted by Crippen LogP contribution is -2.36. The molecule has 0 aromatic carbocycles. The number of likely N-dealkylation sites (tertiary alicyclic amines) is 1. The molecular formula is C15H24N4O4. The molecule has 0 radical (unpaired) electrons. The minimum Gasteiger partial charge on any atom is -0.472 e. The van der Waals surface area contributed by atoms with E-state index < -0.39 is 11.8 Å². The molecule has 8 nitrogen and oxygen atoms in total. The molecule has 1 aromatic heterocycles. The Morgan fingerprint density at radius 1 is 1.52 bits per heavy atom. The smallest absolute Gasteiger partial charge is 0.410 e. The van der Waals surface area contributed by atoms with E-state index in [1.165, 1.54) is 6.20 Å². The summed E-state index contributed by atoms with van der Waals surface area (Å²) in [5.74, 6) is 0.454. The van der Waals surface area contributed by atoms with E-state index in [0.717, 1.165) is 6.42 Å². The van der Waals surface area contributed by atoms with Crippen LogP contribution in [0.3, 0.4) is 0 Å². The number of nitrogens with zero attached hydrogens (tertiary/aromatic N) is 2. The van der Waals surface area contributed by atoms with Gasteiger partial charge in [-0.3, -0.25) is 0 Å². The van der Waals surface area contributed by atoms with Crippen LogP contribution in [0.4, 0.5) is 4.79 Å². The molecule has 128 valence electrons. The van der Waals surface area contributed by atoms with Crippen molar-refractivity contribution in [2.24, 2.45) is 5.73 Å². The lowest BCUT2D eigenvalue weighted by molar-refractivity contribution is 0.0275. The van der Waals surface area contributed by atoms with Gasteiger partial charge in [-0.1, -0.05) is 0 Å². The maximum absolute atomic E-state index is 12.0. The quantitative estimate of drug-likeness (QED) is 0.567. The summed E-state index contributed by atoms with van der Waals surface area (Å²) in [4.78, 5) is 17.8. The molecule has 2 heterocycles. The van der Waals surface area contributed by atoms with Crippen LogP contribution >= 0.6 is 0 Å². The summed E-state index contributed by atoms with van der Waals surface area (Å²) in [5.41, 5.74) is 7.69. The number of amides is 1. The Hall–Kier alpha value is -1.90. The van der Waals surface area contributed by atoms with Crippen molar-refractivity contribution in [1.82, 2.24) is 15.4 Å². The third-order valence-electron chi connectivity index (χ3n) is 3.34. The van der Waals surface area contributed by atoms with Crippen molar-refractivity contribution in [2.45, 2.75) is 45.1 Å². The van der Waals surface area contributed by atoms with E-state index in [1.54, 1.807) is 17.0 Å². The predicted molar refractivity (Wildman–Crippen MR) is 82.9 cm³/mol. The molecule has 1 fully saturated rings. The van der Waals surface area contributed by atoms with Crippen LogP contribution in [0, 0.1) is 0 Å². The Balaban J connectivity index is 1.87. The van der Waals surface area contributed by atoms with Gasteiger partial charge in [0.2, 0.25) is 5.88 Å². The van der Waals surface area contributed by atoms with E-state index in [9.17, 15) is 4.79 Å². The summed E-state index contributed by atoms with van der Waals surface area (Å²) in [5, 5.41) is 8.77. The Bertz CT molecular complexity index is 529. The van der Waals surface area contributed by atoms with Gasteiger partial charge in [-0.05, 0) is 26.8 Å². The molecule has 1 unspecified atom stereocenters. The highest BCUT2D eigenvalue weighted by Crippen LogP contribution is 2.20. The fraction of sp³-hybridized carbons (Fsp3) is 0.600. The van der Waals surface area contributed by atoms with Gasteiger partial charge in [-0.25, -0.2) is 9.78 Å². The number of hydroxylamine groups is 1. The van der Waals surface area contributed by atoms with Crippen molar-refractivity contribution < 1.29 is 19.5 Å². The summed E-state index contributed by atoms with van der Waals surface area (Å²) in [7, 11) is 0. The maximum Gasteiger partial charge on any atom is 0.410 e. The Labute approximate surface area is 135 Å². The normalized spacial score (nSPS) is 19.5. The fourth-order valence-electron chi connectivity index (χ4n) is 2.21. The standard InChI is InChI=1S/C15H24N4O4/c1-15(2,3)23-14(20)19-7-6-11(9-19)22-12-5-4-10(8-17-12)13(16)18-21/h4-5,8,11,13,18,21H,6-7,9,16H2,1-3H3/t11-,13?/m1/s1. The highest BCUT2D eigenvalue weighted by atomic mass is 16.6. The minimum absolute atomic E-state index is 0.120. The Morgan fingerprint density at radius 3 is 2.83 bits per heavy atom. The molecule has 0 saturated carbocycles.